The van der Waals surface area contributed by atoms with Crippen LogP contribution in [0.4, 0.5) is 5.69 Å². The van der Waals surface area contributed by atoms with Crippen molar-refractivity contribution in [3.63, 3.8) is 0 Å². The van der Waals surface area contributed by atoms with E-state index < -0.39 is 10.0 Å². The molecule has 0 spiro atoms. The van der Waals surface area contributed by atoms with Gasteiger partial charge in [-0.15, -0.1) is 0 Å². The molecule has 0 aliphatic rings. The highest BCUT2D eigenvalue weighted by Crippen LogP contribution is 2.22. The van der Waals surface area contributed by atoms with Crippen molar-refractivity contribution in [2.45, 2.75) is 13.3 Å². The maximum Gasteiger partial charge on any atom is 0.236 e. The van der Waals surface area contributed by atoms with Crippen LogP contribution in [0.3, 0.4) is 0 Å². The predicted molar refractivity (Wildman–Crippen MR) is 67.1 cm³/mol. The van der Waals surface area contributed by atoms with Crippen molar-refractivity contribution in [2.75, 3.05) is 23.7 Å². The second-order valence-electron chi connectivity index (χ2n) is 3.55. The summed E-state index contributed by atoms with van der Waals surface area (Å²) in [6, 6.07) is 7.49. The largest absolute Gasteiger partial charge is 0.329 e. The standard InChI is InChI=1S/C11H18N2O2S/c1-3-10-6-4-5-7-11(10)13(2)16(14,15)9-8-12/h4-7H,3,8-9,12H2,1-2H3. The molecule has 1 aromatic carbocycles. The number of hydrogen-bond donors (Lipinski definition) is 1. The van der Waals surface area contributed by atoms with Crippen LogP contribution >= 0.6 is 0 Å². The van der Waals surface area contributed by atoms with E-state index in [0.717, 1.165) is 17.7 Å². The number of rotatable bonds is 5. The van der Waals surface area contributed by atoms with E-state index in [-0.39, 0.29) is 12.3 Å². The Labute approximate surface area is 97.1 Å². The van der Waals surface area contributed by atoms with Gasteiger partial charge in [0.15, 0.2) is 0 Å². The molecular weight excluding hydrogens is 224 g/mol. The van der Waals surface area contributed by atoms with Crippen LogP contribution in [0.5, 0.6) is 0 Å². The van der Waals surface area contributed by atoms with E-state index >= 15 is 0 Å². The fraction of sp³-hybridized carbons (Fsp3) is 0.455. The number of hydrogen-bond acceptors (Lipinski definition) is 3. The maximum absolute atomic E-state index is 11.8. The van der Waals surface area contributed by atoms with Gasteiger partial charge in [0.1, 0.15) is 0 Å². The van der Waals surface area contributed by atoms with Crippen LogP contribution in [0, 0.1) is 0 Å². The Morgan fingerprint density at radius 3 is 2.50 bits per heavy atom. The van der Waals surface area contributed by atoms with Crippen molar-refractivity contribution in [1.29, 1.82) is 0 Å². The SMILES string of the molecule is CCc1ccccc1N(C)S(=O)(=O)CCN. The molecule has 5 heteroatoms. The lowest BCUT2D eigenvalue weighted by molar-refractivity contribution is 0.594. The number of aryl methyl sites for hydroxylation is 1. The molecule has 0 radical (unpaired) electrons. The molecule has 1 aromatic rings. The topological polar surface area (TPSA) is 63.4 Å². The highest BCUT2D eigenvalue weighted by atomic mass is 32.2. The number of anilines is 1. The molecule has 0 bridgehead atoms. The van der Waals surface area contributed by atoms with Gasteiger partial charge in [0.25, 0.3) is 0 Å². The van der Waals surface area contributed by atoms with Gasteiger partial charge in [-0.2, -0.15) is 0 Å². The Morgan fingerprint density at radius 1 is 1.31 bits per heavy atom. The van der Waals surface area contributed by atoms with Crippen LogP contribution in [-0.4, -0.2) is 27.8 Å². The molecule has 0 saturated heterocycles. The Kier molecular flexibility index (Phi) is 4.32. The van der Waals surface area contributed by atoms with Crippen molar-refractivity contribution in [3.8, 4) is 0 Å². The van der Waals surface area contributed by atoms with Crippen LogP contribution in [-0.2, 0) is 16.4 Å². The minimum Gasteiger partial charge on any atom is -0.329 e. The summed E-state index contributed by atoms with van der Waals surface area (Å²) >= 11 is 0. The number of nitrogens with two attached hydrogens (primary N) is 1. The number of para-hydroxylation sites is 1. The predicted octanol–water partition coefficient (Wildman–Crippen LogP) is 0.974. The van der Waals surface area contributed by atoms with E-state index in [2.05, 4.69) is 0 Å². The van der Waals surface area contributed by atoms with Gasteiger partial charge in [-0.3, -0.25) is 4.31 Å². The second kappa shape index (κ2) is 5.32. The first kappa shape index (κ1) is 13.0. The monoisotopic (exact) mass is 242 g/mol. The molecule has 90 valence electrons. The van der Waals surface area contributed by atoms with Gasteiger partial charge in [0.05, 0.1) is 11.4 Å². The highest BCUT2D eigenvalue weighted by molar-refractivity contribution is 7.92. The summed E-state index contributed by atoms with van der Waals surface area (Å²) in [6.45, 7) is 2.14. The number of benzene rings is 1. The Balaban J connectivity index is 3.09. The first-order chi connectivity index (χ1) is 7.53. The molecule has 1 rings (SSSR count). The molecule has 0 aliphatic heterocycles. The Hall–Kier alpha value is -1.07. The lowest BCUT2D eigenvalue weighted by Crippen LogP contribution is -2.32. The zero-order valence-corrected chi connectivity index (χ0v) is 10.5. The normalized spacial score (nSPS) is 11.4. The van der Waals surface area contributed by atoms with E-state index in [1.165, 1.54) is 4.31 Å². The smallest absolute Gasteiger partial charge is 0.236 e. The first-order valence-electron chi connectivity index (χ1n) is 5.27. The summed E-state index contributed by atoms with van der Waals surface area (Å²) in [6.07, 6.45) is 0.804. The van der Waals surface area contributed by atoms with E-state index in [0.29, 0.717) is 0 Å². The summed E-state index contributed by atoms with van der Waals surface area (Å²) in [5.41, 5.74) is 7.05. The Bertz CT molecular complexity index is 443. The Morgan fingerprint density at radius 2 is 1.94 bits per heavy atom. The van der Waals surface area contributed by atoms with Gasteiger partial charge in [-0.25, -0.2) is 8.42 Å². The molecule has 0 saturated carbocycles. The number of sulfonamides is 1. The highest BCUT2D eigenvalue weighted by Gasteiger charge is 2.18. The molecule has 0 aromatic heterocycles. The van der Waals surface area contributed by atoms with Crippen molar-refractivity contribution < 1.29 is 8.42 Å². The molecule has 0 fully saturated rings. The minimum atomic E-state index is -3.29. The van der Waals surface area contributed by atoms with Crippen LogP contribution in [0.2, 0.25) is 0 Å². The quantitative estimate of drug-likeness (QED) is 0.837. The van der Waals surface area contributed by atoms with Gasteiger partial charge in [0.2, 0.25) is 10.0 Å². The van der Waals surface area contributed by atoms with E-state index in [4.69, 9.17) is 5.73 Å². The van der Waals surface area contributed by atoms with Crippen molar-refractivity contribution in [1.82, 2.24) is 0 Å². The molecule has 0 aliphatic carbocycles. The summed E-state index contributed by atoms with van der Waals surface area (Å²) in [5.74, 6) is -0.0262. The zero-order chi connectivity index (χ0) is 12.2. The summed E-state index contributed by atoms with van der Waals surface area (Å²) in [5, 5.41) is 0. The van der Waals surface area contributed by atoms with Crippen molar-refractivity contribution >= 4 is 15.7 Å². The average molecular weight is 242 g/mol. The van der Waals surface area contributed by atoms with Crippen molar-refractivity contribution in [2.24, 2.45) is 5.73 Å². The van der Waals surface area contributed by atoms with Crippen LogP contribution < -0.4 is 10.0 Å². The lowest BCUT2D eigenvalue weighted by Gasteiger charge is -2.21. The van der Waals surface area contributed by atoms with Crippen LogP contribution in [0.1, 0.15) is 12.5 Å². The molecule has 4 nitrogen and oxygen atoms in total. The van der Waals surface area contributed by atoms with Gasteiger partial charge in [-0.05, 0) is 18.1 Å². The molecule has 0 heterocycles. The third kappa shape index (κ3) is 2.74. The van der Waals surface area contributed by atoms with E-state index in [1.807, 2.05) is 31.2 Å². The molecule has 16 heavy (non-hydrogen) atoms. The second-order valence-corrected chi connectivity index (χ2v) is 5.67. The van der Waals surface area contributed by atoms with Gasteiger partial charge < -0.3 is 5.73 Å². The molecule has 2 N–H and O–H groups in total. The fourth-order valence-corrected chi connectivity index (χ4v) is 2.60. The fourth-order valence-electron chi connectivity index (χ4n) is 1.55. The van der Waals surface area contributed by atoms with Crippen molar-refractivity contribution in [3.05, 3.63) is 29.8 Å². The van der Waals surface area contributed by atoms with Gasteiger partial charge in [0, 0.05) is 13.6 Å². The third-order valence-electron chi connectivity index (χ3n) is 2.50. The summed E-state index contributed by atoms with van der Waals surface area (Å²) < 4.78 is 25.0. The molecular formula is C11H18N2O2S. The molecule has 0 unspecified atom stereocenters. The zero-order valence-electron chi connectivity index (χ0n) is 9.68. The molecule has 0 atom stereocenters. The van der Waals surface area contributed by atoms with Crippen LogP contribution in [0.15, 0.2) is 24.3 Å². The summed E-state index contributed by atoms with van der Waals surface area (Å²) in [4.78, 5) is 0. The third-order valence-corrected chi connectivity index (χ3v) is 4.29. The first-order valence-corrected chi connectivity index (χ1v) is 6.88. The summed E-state index contributed by atoms with van der Waals surface area (Å²) in [7, 11) is -1.72. The molecule has 0 amide bonds. The number of nitrogens with zero attached hydrogens (tertiary/aromatic N) is 1. The maximum atomic E-state index is 11.8. The lowest BCUT2D eigenvalue weighted by atomic mass is 10.1. The van der Waals surface area contributed by atoms with Gasteiger partial charge >= 0.3 is 0 Å². The minimum absolute atomic E-state index is 0.0262. The van der Waals surface area contributed by atoms with Crippen LogP contribution in [0.25, 0.3) is 0 Å². The average Bonchev–Trinajstić information content (AvgIpc) is 2.28. The van der Waals surface area contributed by atoms with Gasteiger partial charge in [-0.1, -0.05) is 25.1 Å². The van der Waals surface area contributed by atoms with E-state index in [1.54, 1.807) is 7.05 Å². The van der Waals surface area contributed by atoms with E-state index in [9.17, 15) is 8.42 Å².